The molecule has 0 aliphatic heterocycles. The Bertz CT molecular complexity index is 722. The lowest BCUT2D eigenvalue weighted by Crippen LogP contribution is -2.92. The Balaban J connectivity index is 1.95. The van der Waals surface area contributed by atoms with Crippen molar-refractivity contribution in [3.8, 4) is 0 Å². The van der Waals surface area contributed by atoms with Crippen molar-refractivity contribution in [1.29, 1.82) is 0 Å². The van der Waals surface area contributed by atoms with Crippen molar-refractivity contribution < 1.29 is 20.0 Å². The normalized spacial score (nSPS) is 11.8. The minimum absolute atomic E-state index is 0.207. The van der Waals surface area contributed by atoms with Crippen LogP contribution in [0.15, 0.2) is 42.6 Å². The van der Waals surface area contributed by atoms with Crippen LogP contribution in [0.2, 0.25) is 5.02 Å². The number of quaternary nitrogens is 1. The number of hydrogen-bond acceptors (Lipinski definition) is 4. The number of nitrogens with two attached hydrogens (primary N) is 1. The van der Waals surface area contributed by atoms with Crippen LogP contribution in [0.5, 0.6) is 0 Å². The van der Waals surface area contributed by atoms with Gasteiger partial charge in [-0.2, -0.15) is 0 Å². The van der Waals surface area contributed by atoms with Crippen LogP contribution in [0.25, 0.3) is 0 Å². The van der Waals surface area contributed by atoms with Crippen LogP contribution in [0.3, 0.4) is 0 Å². The summed E-state index contributed by atoms with van der Waals surface area (Å²) >= 11 is 5.91. The molecular formula is C17H18ClN3O3. The van der Waals surface area contributed by atoms with E-state index in [1.54, 1.807) is 36.5 Å². The zero-order valence-electron chi connectivity index (χ0n) is 13.2. The number of hydrogen-bond donors (Lipinski definition) is 2. The van der Waals surface area contributed by atoms with Gasteiger partial charge < -0.3 is 20.5 Å². The van der Waals surface area contributed by atoms with E-state index in [0.717, 1.165) is 11.3 Å². The van der Waals surface area contributed by atoms with Gasteiger partial charge in [0.2, 0.25) is 5.91 Å². The molecule has 2 aromatic rings. The van der Waals surface area contributed by atoms with Gasteiger partial charge in [-0.05, 0) is 36.8 Å². The number of carbonyl (C=O) groups is 2. The number of anilines is 1. The molecule has 0 aliphatic carbocycles. The Morgan fingerprint density at radius 2 is 2.12 bits per heavy atom. The summed E-state index contributed by atoms with van der Waals surface area (Å²) in [7, 11) is 0. The van der Waals surface area contributed by atoms with Crippen molar-refractivity contribution in [3.63, 3.8) is 0 Å². The number of nitrogens with zero attached hydrogens (tertiary/aromatic N) is 1. The third kappa shape index (κ3) is 5.33. The summed E-state index contributed by atoms with van der Waals surface area (Å²) in [5.74, 6) is -1.70. The number of carboxylic acid groups (broad SMARTS) is 1. The van der Waals surface area contributed by atoms with Gasteiger partial charge in [0.05, 0.1) is 18.1 Å². The van der Waals surface area contributed by atoms with Crippen molar-refractivity contribution in [3.05, 3.63) is 58.9 Å². The Morgan fingerprint density at radius 1 is 1.33 bits per heavy atom. The number of aryl methyl sites for hydroxylation is 1. The maximum Gasteiger partial charge on any atom is 0.230 e. The van der Waals surface area contributed by atoms with E-state index in [1.165, 1.54) is 5.32 Å². The lowest BCUT2D eigenvalue weighted by Gasteiger charge is -2.16. The quantitative estimate of drug-likeness (QED) is 0.750. The number of aliphatic carboxylic acids is 1. The molecule has 0 aliphatic rings. The predicted octanol–water partition coefficient (Wildman–Crippen LogP) is 0.254. The van der Waals surface area contributed by atoms with Crippen LogP contribution in [0.4, 0.5) is 5.69 Å². The largest absolute Gasteiger partial charge is 0.544 e. The average molecular weight is 348 g/mol. The first-order chi connectivity index (χ1) is 11.5. The maximum atomic E-state index is 12.1. The lowest BCUT2D eigenvalue weighted by molar-refractivity contribution is -0.697. The standard InChI is InChI=1S/C17H18ClN3O3/c1-11-5-6-12(18)8-14(11)21-16(22)9-15(17(23)24)20-10-13-4-2-3-7-19-13/h2-8,15,20H,9-10H2,1H3,(H,21,22)(H,23,24). The van der Waals surface area contributed by atoms with Gasteiger partial charge in [0.15, 0.2) is 0 Å². The van der Waals surface area contributed by atoms with Crippen LogP contribution in [-0.4, -0.2) is 22.9 Å². The second kappa shape index (κ2) is 8.42. The third-order valence-electron chi connectivity index (χ3n) is 3.52. The van der Waals surface area contributed by atoms with Gasteiger partial charge >= 0.3 is 0 Å². The lowest BCUT2D eigenvalue weighted by atomic mass is 10.1. The molecule has 0 spiro atoms. The molecule has 0 saturated heterocycles. The van der Waals surface area contributed by atoms with Crippen molar-refractivity contribution in [1.82, 2.24) is 4.98 Å². The highest BCUT2D eigenvalue weighted by molar-refractivity contribution is 6.31. The van der Waals surface area contributed by atoms with E-state index in [1.807, 2.05) is 13.0 Å². The molecule has 2 rings (SSSR count). The molecule has 1 aromatic carbocycles. The molecule has 126 valence electrons. The van der Waals surface area contributed by atoms with Crippen molar-refractivity contribution in [2.45, 2.75) is 25.9 Å². The highest BCUT2D eigenvalue weighted by atomic mass is 35.5. The summed E-state index contributed by atoms with van der Waals surface area (Å²) in [5, 5.41) is 16.0. The van der Waals surface area contributed by atoms with E-state index in [0.29, 0.717) is 17.3 Å². The smallest absolute Gasteiger partial charge is 0.230 e. The molecule has 0 bridgehead atoms. The number of rotatable bonds is 7. The zero-order chi connectivity index (χ0) is 17.5. The molecule has 24 heavy (non-hydrogen) atoms. The third-order valence-corrected chi connectivity index (χ3v) is 3.75. The van der Waals surface area contributed by atoms with Gasteiger partial charge in [-0.15, -0.1) is 0 Å². The maximum absolute atomic E-state index is 12.1. The van der Waals surface area contributed by atoms with Gasteiger partial charge in [0, 0.05) is 16.9 Å². The van der Waals surface area contributed by atoms with Crippen LogP contribution in [-0.2, 0) is 16.1 Å². The fourth-order valence-electron chi connectivity index (χ4n) is 2.17. The van der Waals surface area contributed by atoms with Gasteiger partial charge in [-0.3, -0.25) is 9.78 Å². The average Bonchev–Trinajstić information content (AvgIpc) is 2.55. The number of carbonyl (C=O) groups excluding carboxylic acids is 2. The van der Waals surface area contributed by atoms with Crippen LogP contribution in [0, 0.1) is 6.92 Å². The van der Waals surface area contributed by atoms with E-state index in [4.69, 9.17) is 11.6 Å². The number of aromatic nitrogens is 1. The first-order valence-electron chi connectivity index (χ1n) is 7.46. The molecular weight excluding hydrogens is 330 g/mol. The molecule has 1 aromatic heterocycles. The van der Waals surface area contributed by atoms with Gasteiger partial charge in [-0.25, -0.2) is 0 Å². The first kappa shape index (κ1) is 17.9. The Hall–Kier alpha value is -2.44. The van der Waals surface area contributed by atoms with E-state index in [9.17, 15) is 14.7 Å². The molecule has 1 amide bonds. The highest BCUT2D eigenvalue weighted by Crippen LogP contribution is 2.20. The van der Waals surface area contributed by atoms with Gasteiger partial charge in [-0.1, -0.05) is 23.7 Å². The summed E-state index contributed by atoms with van der Waals surface area (Å²) in [6.45, 7) is 2.18. The van der Waals surface area contributed by atoms with E-state index < -0.39 is 17.9 Å². The summed E-state index contributed by atoms with van der Waals surface area (Å²) in [6.07, 6.45) is 1.42. The molecule has 1 unspecified atom stereocenters. The molecule has 1 heterocycles. The zero-order valence-corrected chi connectivity index (χ0v) is 13.9. The topological polar surface area (TPSA) is 98.7 Å². The molecule has 3 N–H and O–H groups in total. The monoisotopic (exact) mass is 347 g/mol. The van der Waals surface area contributed by atoms with E-state index in [-0.39, 0.29) is 6.42 Å². The fourth-order valence-corrected chi connectivity index (χ4v) is 2.35. The highest BCUT2D eigenvalue weighted by Gasteiger charge is 2.19. The SMILES string of the molecule is Cc1ccc(Cl)cc1NC(=O)CC([NH2+]Cc1ccccn1)C(=O)[O-]. The Labute approximate surface area is 144 Å². The second-order valence-corrected chi connectivity index (χ2v) is 5.83. The van der Waals surface area contributed by atoms with Crippen molar-refractivity contribution >= 4 is 29.2 Å². The second-order valence-electron chi connectivity index (χ2n) is 5.40. The van der Waals surface area contributed by atoms with Crippen LogP contribution >= 0.6 is 11.6 Å². The van der Waals surface area contributed by atoms with Crippen molar-refractivity contribution in [2.24, 2.45) is 0 Å². The Kier molecular flexibility index (Phi) is 6.28. The number of pyridine rings is 1. The number of benzene rings is 1. The van der Waals surface area contributed by atoms with Crippen LogP contribution < -0.4 is 15.7 Å². The molecule has 0 radical (unpaired) electrons. The molecule has 0 fully saturated rings. The minimum atomic E-state index is -1.29. The number of halogens is 1. The van der Waals surface area contributed by atoms with Gasteiger partial charge in [0.1, 0.15) is 12.6 Å². The fraction of sp³-hybridized carbons (Fsp3) is 0.235. The predicted molar refractivity (Wildman–Crippen MR) is 88.1 cm³/mol. The summed E-state index contributed by atoms with van der Waals surface area (Å²) in [6, 6.07) is 9.52. The minimum Gasteiger partial charge on any atom is -0.544 e. The number of carboxylic acids is 1. The van der Waals surface area contributed by atoms with Crippen LogP contribution in [0.1, 0.15) is 17.7 Å². The summed E-state index contributed by atoms with van der Waals surface area (Å²) < 4.78 is 0. The van der Waals surface area contributed by atoms with E-state index in [2.05, 4.69) is 10.3 Å². The van der Waals surface area contributed by atoms with E-state index >= 15 is 0 Å². The summed E-state index contributed by atoms with van der Waals surface area (Å²) in [5.41, 5.74) is 2.14. The number of amides is 1. The molecule has 1 atom stereocenters. The summed E-state index contributed by atoms with van der Waals surface area (Å²) in [4.78, 5) is 27.5. The molecule has 6 nitrogen and oxygen atoms in total. The molecule has 0 saturated carbocycles. The Morgan fingerprint density at radius 3 is 2.79 bits per heavy atom. The molecule has 7 heteroatoms. The van der Waals surface area contributed by atoms with Gasteiger partial charge in [0.25, 0.3) is 0 Å². The number of nitrogens with one attached hydrogen (secondary N) is 1. The first-order valence-corrected chi connectivity index (χ1v) is 7.83. The van der Waals surface area contributed by atoms with Crippen molar-refractivity contribution in [2.75, 3.05) is 5.32 Å².